The first-order chi connectivity index (χ1) is 21.9. The molecule has 1 aliphatic rings. The van der Waals surface area contributed by atoms with Crippen LogP contribution in [0.4, 0.5) is 11.4 Å². The van der Waals surface area contributed by atoms with Crippen molar-refractivity contribution in [1.82, 2.24) is 4.57 Å². The van der Waals surface area contributed by atoms with Gasteiger partial charge < -0.3 is 14.2 Å². The molecule has 15 heteroatoms. The van der Waals surface area contributed by atoms with Gasteiger partial charge in [-0.15, -0.1) is 0 Å². The smallest absolute Gasteiger partial charge is 0.338 e. The molecule has 0 amide bonds. The molecule has 3 aromatic carbocycles. The molecule has 0 bridgehead atoms. The van der Waals surface area contributed by atoms with E-state index in [2.05, 4.69) is 4.99 Å². The number of thiazole rings is 1. The highest BCUT2D eigenvalue weighted by molar-refractivity contribution is 14.1. The van der Waals surface area contributed by atoms with Crippen molar-refractivity contribution in [1.29, 1.82) is 0 Å². The zero-order chi connectivity index (χ0) is 33.3. The van der Waals surface area contributed by atoms with E-state index in [1.165, 1.54) is 11.7 Å². The van der Waals surface area contributed by atoms with Crippen LogP contribution in [0.5, 0.6) is 17.2 Å². The summed E-state index contributed by atoms with van der Waals surface area (Å²) in [5.41, 5.74) is 1.65. The Balaban J connectivity index is 1.60. The first-order valence-corrected chi connectivity index (χ1v) is 15.6. The van der Waals surface area contributed by atoms with E-state index in [9.17, 15) is 29.8 Å². The van der Waals surface area contributed by atoms with Crippen LogP contribution in [0, 0.1) is 30.7 Å². The maximum atomic E-state index is 14.0. The van der Waals surface area contributed by atoms with Crippen molar-refractivity contribution < 1.29 is 28.9 Å². The van der Waals surface area contributed by atoms with Crippen molar-refractivity contribution in [3.8, 4) is 17.2 Å². The number of ether oxygens (including phenoxy) is 3. The molecule has 1 aliphatic heterocycles. The number of nitrogens with zero attached hydrogens (tertiary/aromatic N) is 4. The van der Waals surface area contributed by atoms with Gasteiger partial charge in [-0.1, -0.05) is 41.2 Å². The standard InChI is InChI=1S/C31H25IN4O9S/c1-5-44-30(38)26-17(3)33-31-34(27(26)19-8-6-16(2)7-9-19)29(37)25(46-31)14-18-12-21(32)28(24(13-18)43-4)45-23-11-10-20(35(39)40)15-22(23)36(41)42/h6-15,27H,5H2,1-4H3/b25-14-/t27-/m0/s1. The summed E-state index contributed by atoms with van der Waals surface area (Å²) in [6.45, 7) is 5.54. The van der Waals surface area contributed by atoms with Crippen LogP contribution in [0.25, 0.3) is 6.08 Å². The Hall–Kier alpha value is -4.90. The highest BCUT2D eigenvalue weighted by Crippen LogP contribution is 2.41. The normalized spacial score (nSPS) is 14.4. The first kappa shape index (κ1) is 32.5. The molecule has 1 atom stereocenters. The third kappa shape index (κ3) is 6.28. The molecule has 0 saturated carbocycles. The number of benzene rings is 3. The Morgan fingerprint density at radius 2 is 1.78 bits per heavy atom. The number of hydrogen-bond donors (Lipinski definition) is 0. The molecule has 1 aromatic heterocycles. The van der Waals surface area contributed by atoms with Crippen molar-refractivity contribution in [2.24, 2.45) is 4.99 Å². The van der Waals surface area contributed by atoms with Crippen LogP contribution in [-0.4, -0.2) is 34.1 Å². The van der Waals surface area contributed by atoms with Gasteiger partial charge in [-0.2, -0.15) is 0 Å². The van der Waals surface area contributed by atoms with E-state index in [1.54, 1.807) is 32.1 Å². The molecule has 0 N–H and O–H groups in total. The number of carbonyl (C=O) groups excluding carboxylic acids is 1. The van der Waals surface area contributed by atoms with Crippen LogP contribution in [-0.2, 0) is 9.53 Å². The van der Waals surface area contributed by atoms with E-state index in [4.69, 9.17) is 14.2 Å². The van der Waals surface area contributed by atoms with E-state index < -0.39 is 33.2 Å². The average molecular weight is 757 g/mol. The number of nitro groups is 2. The zero-order valence-electron chi connectivity index (χ0n) is 24.8. The molecular weight excluding hydrogens is 731 g/mol. The maximum absolute atomic E-state index is 14.0. The largest absolute Gasteiger partial charge is 0.493 e. The van der Waals surface area contributed by atoms with Gasteiger partial charge in [0, 0.05) is 6.07 Å². The quantitative estimate of drug-likeness (QED) is 0.0950. The summed E-state index contributed by atoms with van der Waals surface area (Å²) in [5, 5.41) is 22.8. The van der Waals surface area contributed by atoms with E-state index in [0.29, 0.717) is 24.2 Å². The lowest BCUT2D eigenvalue weighted by atomic mass is 9.95. The van der Waals surface area contributed by atoms with Crippen LogP contribution in [0.3, 0.4) is 0 Å². The minimum atomic E-state index is -0.769. The van der Waals surface area contributed by atoms with Gasteiger partial charge in [-0.3, -0.25) is 29.6 Å². The lowest BCUT2D eigenvalue weighted by Gasteiger charge is -2.24. The number of nitro benzene ring substituents is 2. The number of non-ortho nitro benzene ring substituents is 1. The minimum absolute atomic E-state index is 0.146. The number of aryl methyl sites for hydroxylation is 1. The van der Waals surface area contributed by atoms with Gasteiger partial charge in [-0.05, 0) is 78.8 Å². The summed E-state index contributed by atoms with van der Waals surface area (Å²) in [4.78, 5) is 53.3. The summed E-state index contributed by atoms with van der Waals surface area (Å²) in [6.07, 6.45) is 1.65. The average Bonchev–Trinajstić information content (AvgIpc) is 3.31. The zero-order valence-corrected chi connectivity index (χ0v) is 27.8. The van der Waals surface area contributed by atoms with Crippen molar-refractivity contribution in [3.05, 3.63) is 126 Å². The van der Waals surface area contributed by atoms with Gasteiger partial charge in [0.25, 0.3) is 11.2 Å². The second kappa shape index (κ2) is 13.2. The summed E-state index contributed by atoms with van der Waals surface area (Å²) in [7, 11) is 1.39. The molecule has 4 aromatic rings. The Kier molecular flexibility index (Phi) is 9.34. The Bertz CT molecular complexity index is 2120. The van der Waals surface area contributed by atoms with Crippen LogP contribution >= 0.6 is 33.9 Å². The third-order valence-electron chi connectivity index (χ3n) is 7.02. The number of rotatable bonds is 9. The van der Waals surface area contributed by atoms with Crippen molar-refractivity contribution in [2.75, 3.05) is 13.7 Å². The van der Waals surface area contributed by atoms with Crippen LogP contribution in [0.1, 0.15) is 36.6 Å². The third-order valence-corrected chi connectivity index (χ3v) is 8.81. The van der Waals surface area contributed by atoms with Gasteiger partial charge in [0.05, 0.1) is 55.0 Å². The topological polar surface area (TPSA) is 165 Å². The van der Waals surface area contributed by atoms with Gasteiger partial charge in [0.2, 0.25) is 5.75 Å². The molecule has 0 unspecified atom stereocenters. The second-order valence-electron chi connectivity index (χ2n) is 10.0. The summed E-state index contributed by atoms with van der Waals surface area (Å²) >= 11 is 3.13. The minimum Gasteiger partial charge on any atom is -0.493 e. The molecule has 0 aliphatic carbocycles. The predicted molar refractivity (Wildman–Crippen MR) is 177 cm³/mol. The monoisotopic (exact) mass is 756 g/mol. The summed E-state index contributed by atoms with van der Waals surface area (Å²) in [6, 6.07) is 13.2. The Morgan fingerprint density at radius 1 is 1.07 bits per heavy atom. The number of methoxy groups -OCH3 is 1. The molecule has 0 saturated heterocycles. The van der Waals surface area contributed by atoms with Gasteiger partial charge in [0.1, 0.15) is 0 Å². The van der Waals surface area contributed by atoms with Gasteiger partial charge >= 0.3 is 11.7 Å². The van der Waals surface area contributed by atoms with Crippen molar-refractivity contribution in [2.45, 2.75) is 26.8 Å². The van der Waals surface area contributed by atoms with Gasteiger partial charge in [0.15, 0.2) is 16.3 Å². The lowest BCUT2D eigenvalue weighted by Crippen LogP contribution is -2.39. The fraction of sp³-hybridized carbons (Fsp3) is 0.194. The molecule has 5 rings (SSSR count). The number of aromatic nitrogens is 1. The number of fused-ring (bicyclic) bond motifs is 1. The summed E-state index contributed by atoms with van der Waals surface area (Å²) in [5.74, 6) is -0.409. The maximum Gasteiger partial charge on any atom is 0.338 e. The SMILES string of the molecule is CCOC(=O)C1=C(C)N=c2s/c(=C\c3cc(I)c(Oc4ccc([N+](=O)[O-])cc4[N+](=O)[O-])c(OC)c3)c(=O)n2[C@H]1c1ccc(C)cc1. The molecular formula is C31H25IN4O9S. The van der Waals surface area contributed by atoms with E-state index >= 15 is 0 Å². The van der Waals surface area contributed by atoms with Crippen LogP contribution < -0.4 is 24.4 Å². The number of halogens is 1. The molecule has 46 heavy (non-hydrogen) atoms. The molecule has 13 nitrogen and oxygen atoms in total. The molecule has 236 valence electrons. The van der Waals surface area contributed by atoms with Crippen LogP contribution in [0.15, 0.2) is 75.7 Å². The Labute approximate surface area is 278 Å². The van der Waals surface area contributed by atoms with Crippen molar-refractivity contribution >= 4 is 57.3 Å². The van der Waals surface area contributed by atoms with E-state index in [-0.39, 0.29) is 35.0 Å². The number of carbonyl (C=O) groups is 1. The predicted octanol–water partition coefficient (Wildman–Crippen LogP) is 5.33. The number of esters is 1. The number of allylic oxidation sites excluding steroid dienone is 1. The lowest BCUT2D eigenvalue weighted by molar-refractivity contribution is -0.394. The van der Waals surface area contributed by atoms with E-state index in [1.807, 2.05) is 53.8 Å². The highest BCUT2D eigenvalue weighted by Gasteiger charge is 2.33. The van der Waals surface area contributed by atoms with Gasteiger partial charge in [-0.25, -0.2) is 9.79 Å². The molecule has 0 spiro atoms. The Morgan fingerprint density at radius 3 is 2.41 bits per heavy atom. The van der Waals surface area contributed by atoms with Crippen molar-refractivity contribution in [3.63, 3.8) is 0 Å². The van der Waals surface area contributed by atoms with Crippen LogP contribution in [0.2, 0.25) is 0 Å². The molecule has 0 radical (unpaired) electrons. The second-order valence-corrected chi connectivity index (χ2v) is 12.2. The fourth-order valence-electron chi connectivity index (χ4n) is 4.89. The molecule has 0 fully saturated rings. The molecule has 2 heterocycles. The fourth-order valence-corrected chi connectivity index (χ4v) is 6.67. The highest BCUT2D eigenvalue weighted by atomic mass is 127. The van der Waals surface area contributed by atoms with E-state index in [0.717, 1.165) is 40.7 Å². The summed E-state index contributed by atoms with van der Waals surface area (Å²) < 4.78 is 19.0. The first-order valence-electron chi connectivity index (χ1n) is 13.7. The number of hydrogen-bond acceptors (Lipinski definition) is 11.